The second-order valence-electron chi connectivity index (χ2n) is 13.7. The van der Waals surface area contributed by atoms with Crippen molar-refractivity contribution in [1.82, 2.24) is 5.32 Å². The Labute approximate surface area is 270 Å². The second kappa shape index (κ2) is 20.6. The molecule has 0 aliphatic carbocycles. The molecule has 1 aromatic rings. The van der Waals surface area contributed by atoms with Gasteiger partial charge in [0.1, 0.15) is 30.5 Å². The summed E-state index contributed by atoms with van der Waals surface area (Å²) < 4.78 is 11.1. The summed E-state index contributed by atoms with van der Waals surface area (Å²) >= 11 is 0. The third-order valence-corrected chi connectivity index (χ3v) is 8.78. The Balaban J connectivity index is 1.93. The molecule has 0 bridgehead atoms. The van der Waals surface area contributed by atoms with Crippen LogP contribution >= 0.6 is 0 Å². The summed E-state index contributed by atoms with van der Waals surface area (Å²) in [6, 6.07) is 6.04. The molecule has 1 heterocycles. The third-order valence-electron chi connectivity index (χ3n) is 8.78. The molecule has 1 saturated heterocycles. The zero-order valence-corrected chi connectivity index (χ0v) is 27.9. The van der Waals surface area contributed by atoms with Gasteiger partial charge in [0.25, 0.3) is 5.91 Å². The van der Waals surface area contributed by atoms with Crippen LogP contribution in [0.5, 0.6) is 0 Å². The molecule has 1 amide bonds. The maximum Gasteiger partial charge on any atom is 0.251 e. The van der Waals surface area contributed by atoms with Gasteiger partial charge in [-0.1, -0.05) is 117 Å². The van der Waals surface area contributed by atoms with E-state index in [1.165, 1.54) is 51.4 Å². The topological polar surface area (TPSA) is 169 Å². The average molecular weight is 640 g/mol. The first-order valence-electron chi connectivity index (χ1n) is 17.1. The smallest absolute Gasteiger partial charge is 0.251 e. The molecule has 1 aliphatic rings. The van der Waals surface area contributed by atoms with Gasteiger partial charge in [0.15, 0.2) is 6.29 Å². The number of nitrogens with one attached hydrogen (secondary N) is 1. The van der Waals surface area contributed by atoms with E-state index in [0.29, 0.717) is 12.0 Å². The molecule has 0 saturated carbocycles. The summed E-state index contributed by atoms with van der Waals surface area (Å²) in [4.78, 5) is 13.2. The van der Waals surface area contributed by atoms with E-state index in [9.17, 15) is 35.4 Å². The van der Waals surface area contributed by atoms with Crippen LogP contribution in [-0.4, -0.2) is 98.7 Å². The molecule has 7 N–H and O–H groups in total. The van der Waals surface area contributed by atoms with Crippen molar-refractivity contribution < 1.29 is 44.9 Å². The maximum atomic E-state index is 13.2. The molecule has 1 aliphatic heterocycles. The van der Waals surface area contributed by atoms with E-state index in [0.717, 1.165) is 31.2 Å². The Kier molecular flexibility index (Phi) is 18.1. The number of ether oxygens (including phenoxy) is 2. The van der Waals surface area contributed by atoms with Crippen LogP contribution in [0.1, 0.15) is 127 Å². The molecule has 2 rings (SSSR count). The fraction of sp³-hybridized carbons (Fsp3) is 0.800. The Morgan fingerprint density at radius 2 is 1.38 bits per heavy atom. The van der Waals surface area contributed by atoms with Gasteiger partial charge in [-0.05, 0) is 29.5 Å². The molecule has 45 heavy (non-hydrogen) atoms. The molecule has 10 nitrogen and oxygen atoms in total. The molecule has 0 spiro atoms. The number of rotatable bonds is 21. The summed E-state index contributed by atoms with van der Waals surface area (Å²) in [6.07, 6.45) is 4.57. The van der Waals surface area contributed by atoms with Crippen molar-refractivity contribution in [3.05, 3.63) is 35.4 Å². The Morgan fingerprint density at radius 1 is 0.844 bits per heavy atom. The number of aliphatic hydroxyl groups excluding tert-OH is 6. The highest BCUT2D eigenvalue weighted by Crippen LogP contribution is 2.24. The Bertz CT molecular complexity index is 936. The van der Waals surface area contributed by atoms with Crippen molar-refractivity contribution in [2.75, 3.05) is 13.2 Å². The van der Waals surface area contributed by atoms with E-state index < -0.39 is 61.5 Å². The van der Waals surface area contributed by atoms with Crippen LogP contribution in [0.4, 0.5) is 0 Å². The van der Waals surface area contributed by atoms with Crippen LogP contribution in [0.3, 0.4) is 0 Å². The predicted molar refractivity (Wildman–Crippen MR) is 174 cm³/mol. The maximum absolute atomic E-state index is 13.2. The van der Waals surface area contributed by atoms with E-state index >= 15 is 0 Å². The van der Waals surface area contributed by atoms with Crippen LogP contribution in [0.25, 0.3) is 0 Å². The van der Waals surface area contributed by atoms with E-state index in [2.05, 4.69) is 33.0 Å². The number of hydrogen-bond donors (Lipinski definition) is 7. The van der Waals surface area contributed by atoms with E-state index in [-0.39, 0.29) is 12.0 Å². The van der Waals surface area contributed by atoms with Crippen LogP contribution in [0.15, 0.2) is 24.3 Å². The zero-order valence-electron chi connectivity index (χ0n) is 27.9. The summed E-state index contributed by atoms with van der Waals surface area (Å²) in [5.41, 5.74) is 1.33. The van der Waals surface area contributed by atoms with Gasteiger partial charge in [-0.3, -0.25) is 4.79 Å². The standard InChI is InChI=1S/C35H61NO9/c1-5-6-7-8-9-10-11-12-13-14-15-16-17-27(38)29(39)26(23-44-34-32(42)31(41)30(40)28(22-37)45-34)36-33(43)24-18-20-25(21-19-24)35(2,3)4/h18-21,26-32,34,37-42H,5-17,22-23H2,1-4H3,(H,36,43)/t26?,27?,28-,29?,30+,31+,32-,34+/m1/s1. The van der Waals surface area contributed by atoms with Crippen LogP contribution in [-0.2, 0) is 14.9 Å². The lowest BCUT2D eigenvalue weighted by Gasteiger charge is -2.40. The fourth-order valence-corrected chi connectivity index (χ4v) is 5.64. The minimum atomic E-state index is -1.63. The van der Waals surface area contributed by atoms with Crippen molar-refractivity contribution in [1.29, 1.82) is 0 Å². The highest BCUT2D eigenvalue weighted by molar-refractivity contribution is 5.94. The first-order valence-corrected chi connectivity index (χ1v) is 17.1. The fourth-order valence-electron chi connectivity index (χ4n) is 5.64. The SMILES string of the molecule is CCCCCCCCCCCCCCC(O)C(O)C(CO[C@H]1O[C@H](CO)[C@H](O)[C@H](O)[C@H]1O)NC(=O)c1ccc(C(C)(C)C)cc1. The summed E-state index contributed by atoms with van der Waals surface area (Å²) in [5, 5.41) is 64.7. The molecule has 0 aromatic heterocycles. The predicted octanol–water partition coefficient (Wildman–Crippen LogP) is 3.71. The molecule has 10 heteroatoms. The number of aliphatic hydroxyl groups is 6. The van der Waals surface area contributed by atoms with Gasteiger partial charge in [0.2, 0.25) is 0 Å². The molecule has 260 valence electrons. The van der Waals surface area contributed by atoms with Gasteiger partial charge >= 0.3 is 0 Å². The highest BCUT2D eigenvalue weighted by atomic mass is 16.7. The van der Waals surface area contributed by atoms with Gasteiger partial charge in [0, 0.05) is 5.56 Å². The summed E-state index contributed by atoms with van der Waals surface area (Å²) in [6.45, 7) is 7.46. The molecular weight excluding hydrogens is 578 g/mol. The van der Waals surface area contributed by atoms with Gasteiger partial charge < -0.3 is 45.4 Å². The lowest BCUT2D eigenvalue weighted by Crippen LogP contribution is -2.60. The molecule has 1 aromatic carbocycles. The molecule has 0 radical (unpaired) electrons. The van der Waals surface area contributed by atoms with Crippen LogP contribution < -0.4 is 5.32 Å². The second-order valence-corrected chi connectivity index (χ2v) is 13.7. The Hall–Kier alpha value is -1.63. The van der Waals surface area contributed by atoms with Crippen molar-refractivity contribution in [2.24, 2.45) is 0 Å². The first kappa shape index (κ1) is 39.5. The third kappa shape index (κ3) is 13.6. The van der Waals surface area contributed by atoms with E-state index in [4.69, 9.17) is 9.47 Å². The zero-order chi connectivity index (χ0) is 33.4. The van der Waals surface area contributed by atoms with Gasteiger partial charge in [-0.25, -0.2) is 0 Å². The van der Waals surface area contributed by atoms with E-state index in [1.54, 1.807) is 12.1 Å². The quantitative estimate of drug-likeness (QED) is 0.0992. The minimum Gasteiger partial charge on any atom is -0.394 e. The number of carbonyl (C=O) groups is 1. The van der Waals surface area contributed by atoms with Crippen LogP contribution in [0.2, 0.25) is 0 Å². The number of amides is 1. The van der Waals surface area contributed by atoms with Crippen molar-refractivity contribution in [3.8, 4) is 0 Å². The van der Waals surface area contributed by atoms with Crippen molar-refractivity contribution in [2.45, 2.75) is 166 Å². The molecule has 1 fully saturated rings. The van der Waals surface area contributed by atoms with Gasteiger partial charge in [0.05, 0.1) is 25.4 Å². The summed E-state index contributed by atoms with van der Waals surface area (Å²) in [7, 11) is 0. The number of unbranched alkanes of at least 4 members (excludes halogenated alkanes) is 11. The van der Waals surface area contributed by atoms with Crippen molar-refractivity contribution >= 4 is 5.91 Å². The Morgan fingerprint density at radius 3 is 1.89 bits per heavy atom. The van der Waals surface area contributed by atoms with Crippen molar-refractivity contribution in [3.63, 3.8) is 0 Å². The largest absolute Gasteiger partial charge is 0.394 e. The average Bonchev–Trinajstić information content (AvgIpc) is 3.02. The molecular formula is C35H61NO9. The van der Waals surface area contributed by atoms with Gasteiger partial charge in [-0.2, -0.15) is 0 Å². The first-order chi connectivity index (χ1) is 21.4. The summed E-state index contributed by atoms with van der Waals surface area (Å²) in [5.74, 6) is -0.477. The normalized spacial score (nSPS) is 24.3. The molecule has 3 unspecified atom stereocenters. The lowest BCUT2D eigenvalue weighted by molar-refractivity contribution is -0.303. The monoisotopic (exact) mass is 639 g/mol. The van der Waals surface area contributed by atoms with E-state index in [1.807, 2.05) is 12.1 Å². The minimum absolute atomic E-state index is 0.0923. The highest BCUT2D eigenvalue weighted by Gasteiger charge is 2.44. The lowest BCUT2D eigenvalue weighted by atomic mass is 9.86. The number of hydrogen-bond acceptors (Lipinski definition) is 9. The van der Waals surface area contributed by atoms with Crippen LogP contribution in [0, 0.1) is 0 Å². The number of benzene rings is 1. The number of carbonyl (C=O) groups excluding carboxylic acids is 1. The molecule has 8 atom stereocenters. The van der Waals surface area contributed by atoms with Gasteiger partial charge in [-0.15, -0.1) is 0 Å².